The number of methoxy groups -OCH3 is 1. The first-order chi connectivity index (χ1) is 11.5. The molecule has 4 atom stereocenters. The van der Waals surface area contributed by atoms with Gasteiger partial charge in [0.05, 0.1) is 19.3 Å². The first-order valence-corrected chi connectivity index (χ1v) is 7.74. The summed E-state index contributed by atoms with van der Waals surface area (Å²) in [6, 6.07) is 8.27. The van der Waals surface area contributed by atoms with Crippen LogP contribution in [-0.2, 0) is 0 Å². The summed E-state index contributed by atoms with van der Waals surface area (Å²) in [6.45, 7) is 1.69. The predicted octanol–water partition coefficient (Wildman–Crippen LogP) is 0.999. The number of amides is 1. The smallest absolute Gasteiger partial charge is 0.273 e. The Morgan fingerprint density at radius 2 is 2.04 bits per heavy atom. The van der Waals surface area contributed by atoms with E-state index in [0.29, 0.717) is 12.2 Å². The maximum atomic E-state index is 12.3. The summed E-state index contributed by atoms with van der Waals surface area (Å²) in [5, 5.41) is 26.7. The van der Waals surface area contributed by atoms with E-state index in [9.17, 15) is 15.0 Å². The monoisotopic (exact) mass is 332 g/mol. The van der Waals surface area contributed by atoms with Crippen LogP contribution in [0.4, 0.5) is 0 Å². The Bertz CT molecular complexity index is 712. The number of nitrogens with one attached hydrogen (secondary N) is 1. The van der Waals surface area contributed by atoms with Crippen molar-refractivity contribution in [3.8, 4) is 5.75 Å². The summed E-state index contributed by atoms with van der Waals surface area (Å²) in [6.07, 6.45) is -1.59. The van der Waals surface area contributed by atoms with Crippen LogP contribution in [0.25, 0.3) is 0 Å². The molecule has 1 aliphatic rings. The lowest BCUT2D eigenvalue weighted by Crippen LogP contribution is -2.45. The highest BCUT2D eigenvalue weighted by Gasteiger charge is 2.43. The third-order valence-electron chi connectivity index (χ3n) is 4.39. The lowest BCUT2D eigenvalue weighted by atomic mass is 9.93. The summed E-state index contributed by atoms with van der Waals surface area (Å²) in [5.74, 6) is 0.594. The molecule has 2 aromatic rings. The number of hydrogen-bond acceptors (Lipinski definition) is 6. The molecule has 24 heavy (non-hydrogen) atoms. The van der Waals surface area contributed by atoms with Gasteiger partial charge < -0.3 is 24.8 Å². The maximum absolute atomic E-state index is 12.3. The van der Waals surface area contributed by atoms with E-state index in [1.807, 2.05) is 24.3 Å². The topological polar surface area (TPSA) is 105 Å². The minimum Gasteiger partial charge on any atom is -0.497 e. The highest BCUT2D eigenvalue weighted by Crippen LogP contribution is 2.36. The van der Waals surface area contributed by atoms with Crippen molar-refractivity contribution >= 4 is 5.91 Å². The van der Waals surface area contributed by atoms with Gasteiger partial charge in [0, 0.05) is 12.0 Å². The molecule has 7 nitrogen and oxygen atoms in total. The van der Waals surface area contributed by atoms with Crippen molar-refractivity contribution in [2.24, 2.45) is 0 Å². The average Bonchev–Trinajstić information content (AvgIpc) is 3.14. The molecule has 0 bridgehead atoms. The van der Waals surface area contributed by atoms with Gasteiger partial charge in [-0.2, -0.15) is 0 Å². The Morgan fingerprint density at radius 3 is 2.62 bits per heavy atom. The van der Waals surface area contributed by atoms with E-state index in [4.69, 9.17) is 9.26 Å². The molecule has 1 aromatic heterocycles. The molecule has 1 aromatic carbocycles. The number of aryl methyl sites for hydroxylation is 1. The van der Waals surface area contributed by atoms with Gasteiger partial charge in [-0.25, -0.2) is 0 Å². The van der Waals surface area contributed by atoms with E-state index >= 15 is 0 Å². The molecule has 1 aliphatic carbocycles. The number of aliphatic hydroxyl groups is 2. The predicted molar refractivity (Wildman–Crippen MR) is 84.9 cm³/mol. The number of carbonyl (C=O) groups is 1. The van der Waals surface area contributed by atoms with Gasteiger partial charge in [-0.1, -0.05) is 17.3 Å². The first-order valence-electron chi connectivity index (χ1n) is 7.74. The van der Waals surface area contributed by atoms with Gasteiger partial charge in [0.25, 0.3) is 5.91 Å². The van der Waals surface area contributed by atoms with Gasteiger partial charge in [0.1, 0.15) is 17.6 Å². The van der Waals surface area contributed by atoms with Crippen LogP contribution in [0.5, 0.6) is 5.75 Å². The quantitative estimate of drug-likeness (QED) is 0.771. The van der Waals surface area contributed by atoms with Crippen molar-refractivity contribution in [2.75, 3.05) is 7.11 Å². The third-order valence-corrected chi connectivity index (χ3v) is 4.39. The fourth-order valence-corrected chi connectivity index (χ4v) is 3.10. The number of aliphatic hydroxyl groups excluding tert-OH is 2. The van der Waals surface area contributed by atoms with Crippen LogP contribution < -0.4 is 10.1 Å². The molecule has 3 rings (SSSR count). The van der Waals surface area contributed by atoms with Crippen LogP contribution in [0.15, 0.2) is 34.9 Å². The molecular formula is C17H20N2O5. The van der Waals surface area contributed by atoms with Gasteiger partial charge in [0.15, 0.2) is 5.69 Å². The molecule has 1 fully saturated rings. The minimum absolute atomic E-state index is 0.148. The molecule has 0 radical (unpaired) electrons. The van der Waals surface area contributed by atoms with Gasteiger partial charge in [-0.3, -0.25) is 4.79 Å². The van der Waals surface area contributed by atoms with Crippen LogP contribution in [0.3, 0.4) is 0 Å². The second-order valence-corrected chi connectivity index (χ2v) is 6.00. The Kier molecular flexibility index (Phi) is 4.55. The van der Waals surface area contributed by atoms with Gasteiger partial charge >= 0.3 is 0 Å². The molecule has 1 amide bonds. The van der Waals surface area contributed by atoms with Gasteiger partial charge in [-0.05, 0) is 31.0 Å². The minimum atomic E-state index is -1.05. The molecule has 7 heteroatoms. The number of hydrogen-bond donors (Lipinski definition) is 3. The SMILES string of the molecule is COc1ccc([C@H]2C[C@@H](O)[C@@H](O)[C@@H]2NC(=O)c2cc(C)on2)cc1. The summed E-state index contributed by atoms with van der Waals surface area (Å²) in [5.41, 5.74) is 1.06. The Morgan fingerprint density at radius 1 is 1.33 bits per heavy atom. The van der Waals surface area contributed by atoms with E-state index in [-0.39, 0.29) is 11.6 Å². The van der Waals surface area contributed by atoms with E-state index < -0.39 is 24.2 Å². The van der Waals surface area contributed by atoms with E-state index in [1.165, 1.54) is 6.07 Å². The highest BCUT2D eigenvalue weighted by molar-refractivity contribution is 5.92. The van der Waals surface area contributed by atoms with E-state index in [2.05, 4.69) is 10.5 Å². The fourth-order valence-electron chi connectivity index (χ4n) is 3.10. The molecular weight excluding hydrogens is 312 g/mol. The molecule has 0 spiro atoms. The zero-order chi connectivity index (χ0) is 17.3. The zero-order valence-electron chi connectivity index (χ0n) is 13.5. The number of benzene rings is 1. The summed E-state index contributed by atoms with van der Waals surface area (Å²) in [7, 11) is 1.58. The van der Waals surface area contributed by atoms with E-state index in [1.54, 1.807) is 14.0 Å². The van der Waals surface area contributed by atoms with Crippen molar-refractivity contribution < 1.29 is 24.3 Å². The van der Waals surface area contributed by atoms with Gasteiger partial charge in [-0.15, -0.1) is 0 Å². The molecule has 0 unspecified atom stereocenters. The highest BCUT2D eigenvalue weighted by atomic mass is 16.5. The lowest BCUT2D eigenvalue weighted by Gasteiger charge is -2.23. The molecule has 1 saturated carbocycles. The maximum Gasteiger partial charge on any atom is 0.273 e. The largest absolute Gasteiger partial charge is 0.497 e. The molecule has 0 aliphatic heterocycles. The lowest BCUT2D eigenvalue weighted by molar-refractivity contribution is 0.0293. The third kappa shape index (κ3) is 3.13. The number of ether oxygens (including phenoxy) is 1. The zero-order valence-corrected chi connectivity index (χ0v) is 13.5. The molecule has 128 valence electrons. The Balaban J connectivity index is 1.80. The van der Waals surface area contributed by atoms with Crippen LogP contribution >= 0.6 is 0 Å². The van der Waals surface area contributed by atoms with Crippen molar-refractivity contribution in [2.45, 2.75) is 37.5 Å². The standard InChI is InChI=1S/C17H20N2O5/c1-9-7-13(19-24-9)17(22)18-15-12(8-14(20)16(15)21)10-3-5-11(23-2)6-4-10/h3-7,12,14-16,20-21H,8H2,1-2H3,(H,18,22)/t12-,14-,15-,16-/m1/s1. The Hall–Kier alpha value is -2.38. The molecule has 1 heterocycles. The fraction of sp³-hybridized carbons (Fsp3) is 0.412. The van der Waals surface area contributed by atoms with Crippen molar-refractivity contribution in [1.29, 1.82) is 0 Å². The average molecular weight is 332 g/mol. The molecule has 0 saturated heterocycles. The second kappa shape index (κ2) is 6.62. The van der Waals surface area contributed by atoms with Crippen molar-refractivity contribution in [3.05, 3.63) is 47.3 Å². The van der Waals surface area contributed by atoms with Crippen LogP contribution in [0.1, 0.15) is 34.2 Å². The van der Waals surface area contributed by atoms with Crippen LogP contribution in [0.2, 0.25) is 0 Å². The number of rotatable bonds is 4. The summed E-state index contributed by atoms with van der Waals surface area (Å²) >= 11 is 0. The number of carbonyl (C=O) groups excluding carboxylic acids is 1. The summed E-state index contributed by atoms with van der Waals surface area (Å²) < 4.78 is 10.0. The second-order valence-electron chi connectivity index (χ2n) is 6.00. The van der Waals surface area contributed by atoms with Gasteiger partial charge in [0.2, 0.25) is 0 Å². The van der Waals surface area contributed by atoms with Crippen LogP contribution in [0, 0.1) is 6.92 Å². The molecule has 3 N–H and O–H groups in total. The first kappa shape index (κ1) is 16.5. The number of nitrogens with zero attached hydrogens (tertiary/aromatic N) is 1. The summed E-state index contributed by atoms with van der Waals surface area (Å²) in [4.78, 5) is 12.3. The Labute approximate surface area is 139 Å². The van der Waals surface area contributed by atoms with Crippen LogP contribution in [-0.4, -0.2) is 46.6 Å². The van der Waals surface area contributed by atoms with Crippen molar-refractivity contribution in [3.63, 3.8) is 0 Å². The van der Waals surface area contributed by atoms with E-state index in [0.717, 1.165) is 11.3 Å². The number of aromatic nitrogens is 1. The van der Waals surface area contributed by atoms with Crippen molar-refractivity contribution in [1.82, 2.24) is 10.5 Å². The normalized spacial score (nSPS) is 26.3.